The number of nitrogen functional groups attached to an aromatic ring is 1. The Morgan fingerprint density at radius 2 is 2.00 bits per heavy atom. The molecule has 0 spiro atoms. The molecule has 2 aromatic rings. The summed E-state index contributed by atoms with van der Waals surface area (Å²) in [5.74, 6) is 0. The van der Waals surface area contributed by atoms with Crippen LogP contribution in [0.2, 0.25) is 0 Å². The number of fused-ring (bicyclic) bond motifs is 2. The van der Waals surface area contributed by atoms with Crippen molar-refractivity contribution in [2.75, 3.05) is 5.73 Å². The molecule has 0 aliphatic heterocycles. The Balaban J connectivity index is 2.42. The quantitative estimate of drug-likeness (QED) is 0.641. The maximum Gasteiger partial charge on any atom is 0.0432 e. The normalized spacial score (nSPS) is 14.1. The minimum Gasteiger partial charge on any atom is -0.398 e. The van der Waals surface area contributed by atoms with Crippen molar-refractivity contribution in [1.29, 1.82) is 0 Å². The zero-order chi connectivity index (χ0) is 10.3. The minimum atomic E-state index is 0.965. The molecular weight excluding hydrogens is 182 g/mol. The van der Waals surface area contributed by atoms with E-state index in [0.717, 1.165) is 18.5 Å². The van der Waals surface area contributed by atoms with Crippen molar-refractivity contribution in [2.45, 2.75) is 12.8 Å². The molecular formula is C14H13N. The van der Waals surface area contributed by atoms with Gasteiger partial charge in [0.15, 0.2) is 0 Å². The Morgan fingerprint density at radius 1 is 1.13 bits per heavy atom. The minimum absolute atomic E-state index is 0.965. The van der Waals surface area contributed by atoms with Crippen LogP contribution in [0.3, 0.4) is 0 Å². The summed E-state index contributed by atoms with van der Waals surface area (Å²) in [6, 6.07) is 10.6. The van der Waals surface area contributed by atoms with E-state index in [4.69, 9.17) is 5.73 Å². The van der Waals surface area contributed by atoms with Gasteiger partial charge in [-0.15, -0.1) is 0 Å². The molecule has 0 saturated heterocycles. The number of allylic oxidation sites excluding steroid dienone is 1. The van der Waals surface area contributed by atoms with Gasteiger partial charge in [0, 0.05) is 11.1 Å². The lowest BCUT2D eigenvalue weighted by molar-refractivity contribution is 0.992. The van der Waals surface area contributed by atoms with E-state index in [1.807, 2.05) is 6.07 Å². The summed E-state index contributed by atoms with van der Waals surface area (Å²) >= 11 is 0. The summed E-state index contributed by atoms with van der Waals surface area (Å²) in [5.41, 5.74) is 9.78. The predicted octanol–water partition coefficient (Wildman–Crippen LogP) is 3.38. The van der Waals surface area contributed by atoms with Crippen molar-refractivity contribution in [3.8, 4) is 0 Å². The summed E-state index contributed by atoms with van der Waals surface area (Å²) in [7, 11) is 0. The fourth-order valence-corrected chi connectivity index (χ4v) is 2.31. The van der Waals surface area contributed by atoms with E-state index in [0.29, 0.717) is 0 Å². The first-order chi connectivity index (χ1) is 7.36. The first kappa shape index (κ1) is 8.54. The fourth-order valence-electron chi connectivity index (χ4n) is 2.31. The molecule has 1 heteroatoms. The summed E-state index contributed by atoms with van der Waals surface area (Å²) in [6.45, 7) is 0. The molecule has 2 aromatic carbocycles. The van der Waals surface area contributed by atoms with E-state index in [9.17, 15) is 0 Å². The van der Waals surface area contributed by atoms with Crippen LogP contribution in [0.4, 0.5) is 5.69 Å². The summed E-state index contributed by atoms with van der Waals surface area (Å²) in [4.78, 5) is 0. The molecule has 1 aliphatic rings. The molecule has 0 amide bonds. The monoisotopic (exact) mass is 195 g/mol. The lowest BCUT2D eigenvalue weighted by Gasteiger charge is -2.15. The molecule has 0 radical (unpaired) electrons. The molecule has 1 aliphatic carbocycles. The number of nitrogens with two attached hydrogens (primary N) is 1. The molecule has 0 bridgehead atoms. The Bertz CT molecular complexity index is 553. The van der Waals surface area contributed by atoms with E-state index in [-0.39, 0.29) is 0 Å². The smallest absolute Gasteiger partial charge is 0.0432 e. The number of anilines is 1. The number of benzene rings is 2. The average Bonchev–Trinajstić information content (AvgIpc) is 2.30. The molecule has 0 atom stereocenters. The first-order valence-electron chi connectivity index (χ1n) is 5.33. The molecule has 0 heterocycles. The molecule has 0 unspecified atom stereocenters. The van der Waals surface area contributed by atoms with Crippen LogP contribution in [0.15, 0.2) is 36.4 Å². The highest BCUT2D eigenvalue weighted by atomic mass is 14.6. The van der Waals surface area contributed by atoms with E-state index in [2.05, 4.69) is 36.4 Å². The highest BCUT2D eigenvalue weighted by molar-refractivity contribution is 5.97. The van der Waals surface area contributed by atoms with Crippen LogP contribution in [-0.4, -0.2) is 0 Å². The van der Waals surface area contributed by atoms with Gasteiger partial charge in [0.2, 0.25) is 0 Å². The molecule has 0 saturated carbocycles. The van der Waals surface area contributed by atoms with Gasteiger partial charge in [-0.25, -0.2) is 0 Å². The van der Waals surface area contributed by atoms with E-state index >= 15 is 0 Å². The van der Waals surface area contributed by atoms with Crippen molar-refractivity contribution in [2.24, 2.45) is 0 Å². The van der Waals surface area contributed by atoms with Gasteiger partial charge in [0.1, 0.15) is 0 Å². The van der Waals surface area contributed by atoms with Crippen molar-refractivity contribution < 1.29 is 0 Å². The second-order valence-electron chi connectivity index (χ2n) is 4.02. The van der Waals surface area contributed by atoms with Crippen molar-refractivity contribution in [3.63, 3.8) is 0 Å². The second kappa shape index (κ2) is 3.13. The van der Waals surface area contributed by atoms with E-state index in [1.54, 1.807) is 0 Å². The third-order valence-electron chi connectivity index (χ3n) is 3.09. The molecule has 1 nitrogen and oxygen atoms in total. The highest BCUT2D eigenvalue weighted by Gasteiger charge is 2.10. The topological polar surface area (TPSA) is 26.0 Å². The van der Waals surface area contributed by atoms with Crippen molar-refractivity contribution in [3.05, 3.63) is 47.5 Å². The Hall–Kier alpha value is -1.76. The summed E-state index contributed by atoms with van der Waals surface area (Å²) in [6.07, 6.45) is 6.58. The Labute approximate surface area is 89.2 Å². The Morgan fingerprint density at radius 3 is 2.93 bits per heavy atom. The van der Waals surface area contributed by atoms with Gasteiger partial charge in [0.05, 0.1) is 0 Å². The predicted molar refractivity (Wildman–Crippen MR) is 65.7 cm³/mol. The van der Waals surface area contributed by atoms with Crippen molar-refractivity contribution >= 4 is 22.5 Å². The van der Waals surface area contributed by atoms with Crippen LogP contribution in [-0.2, 0) is 6.42 Å². The lowest BCUT2D eigenvalue weighted by atomic mass is 9.92. The summed E-state index contributed by atoms with van der Waals surface area (Å²) in [5, 5.41) is 2.42. The van der Waals surface area contributed by atoms with Gasteiger partial charge in [-0.05, 0) is 35.4 Å². The van der Waals surface area contributed by atoms with Gasteiger partial charge in [-0.2, -0.15) is 0 Å². The molecule has 15 heavy (non-hydrogen) atoms. The van der Waals surface area contributed by atoms with Gasteiger partial charge in [0.25, 0.3) is 0 Å². The van der Waals surface area contributed by atoms with Gasteiger partial charge in [-0.3, -0.25) is 0 Å². The van der Waals surface area contributed by atoms with Gasteiger partial charge >= 0.3 is 0 Å². The first-order valence-corrected chi connectivity index (χ1v) is 5.33. The third-order valence-corrected chi connectivity index (χ3v) is 3.09. The van der Waals surface area contributed by atoms with Gasteiger partial charge in [-0.1, -0.05) is 36.4 Å². The molecule has 74 valence electrons. The standard InChI is InChI=1S/C14H13N/c15-14-12-7-3-1-5-10(12)9-11-6-2-4-8-13(11)14/h1-3,5-7,9H,4,8,15H2. The molecule has 2 N–H and O–H groups in total. The molecule has 0 aromatic heterocycles. The largest absolute Gasteiger partial charge is 0.398 e. The zero-order valence-electron chi connectivity index (χ0n) is 8.53. The Kier molecular flexibility index (Phi) is 1.78. The van der Waals surface area contributed by atoms with Crippen LogP contribution in [0.5, 0.6) is 0 Å². The fraction of sp³-hybridized carbons (Fsp3) is 0.143. The van der Waals surface area contributed by atoms with Crippen LogP contribution in [0.25, 0.3) is 16.8 Å². The number of hydrogen-bond donors (Lipinski definition) is 1. The van der Waals surface area contributed by atoms with Crippen LogP contribution in [0.1, 0.15) is 17.5 Å². The van der Waals surface area contributed by atoms with Crippen molar-refractivity contribution in [1.82, 2.24) is 0 Å². The molecule has 3 rings (SSSR count). The van der Waals surface area contributed by atoms with E-state index < -0.39 is 0 Å². The molecule has 0 fully saturated rings. The van der Waals surface area contributed by atoms with Crippen LogP contribution >= 0.6 is 0 Å². The second-order valence-corrected chi connectivity index (χ2v) is 4.02. The lowest BCUT2D eigenvalue weighted by Crippen LogP contribution is -2.01. The number of hydrogen-bond acceptors (Lipinski definition) is 1. The maximum atomic E-state index is 6.21. The van der Waals surface area contributed by atoms with Crippen LogP contribution < -0.4 is 5.73 Å². The van der Waals surface area contributed by atoms with E-state index in [1.165, 1.54) is 21.9 Å². The average molecular weight is 195 g/mol. The zero-order valence-corrected chi connectivity index (χ0v) is 8.53. The SMILES string of the molecule is Nc1c2c(cc3ccccc13)C=CCC2. The highest BCUT2D eigenvalue weighted by Crippen LogP contribution is 2.32. The summed E-state index contributed by atoms with van der Waals surface area (Å²) < 4.78 is 0. The maximum absolute atomic E-state index is 6.21. The van der Waals surface area contributed by atoms with Crippen LogP contribution in [0, 0.1) is 0 Å². The number of rotatable bonds is 0. The van der Waals surface area contributed by atoms with Gasteiger partial charge < -0.3 is 5.73 Å². The third kappa shape index (κ3) is 1.23.